The first-order valence-electron chi connectivity index (χ1n) is 4.80. The first-order chi connectivity index (χ1) is 7.18. The molecular weight excluding hydrogens is 192 g/mol. The van der Waals surface area contributed by atoms with Crippen LogP contribution in [-0.2, 0) is 11.3 Å². The second kappa shape index (κ2) is 3.73. The molecule has 0 unspecified atom stereocenters. The number of pyridine rings is 1. The first kappa shape index (κ1) is 9.71. The quantitative estimate of drug-likeness (QED) is 0.829. The minimum Gasteiger partial charge on any atom is -0.481 e. The topological polar surface area (TPSA) is 55.1 Å². The molecule has 0 aliphatic heterocycles. The minimum absolute atomic E-state index is 0.137. The van der Waals surface area contributed by atoms with E-state index in [4.69, 9.17) is 5.11 Å². The van der Waals surface area contributed by atoms with Crippen LogP contribution >= 0.6 is 0 Å². The summed E-state index contributed by atoms with van der Waals surface area (Å²) in [4.78, 5) is 14.5. The molecule has 15 heavy (non-hydrogen) atoms. The van der Waals surface area contributed by atoms with Crippen molar-refractivity contribution in [2.24, 2.45) is 0 Å². The zero-order chi connectivity index (χ0) is 10.8. The highest BCUT2D eigenvalue weighted by Crippen LogP contribution is 2.19. The molecule has 4 heteroatoms. The van der Waals surface area contributed by atoms with Gasteiger partial charge in [-0.25, -0.2) is 0 Å². The largest absolute Gasteiger partial charge is 0.481 e. The molecule has 1 N–H and O–H groups in total. The number of hydrogen-bond acceptors (Lipinski definition) is 2. The van der Waals surface area contributed by atoms with Crippen molar-refractivity contribution in [3.63, 3.8) is 0 Å². The number of fused-ring (bicyclic) bond motifs is 1. The highest BCUT2D eigenvalue weighted by molar-refractivity contribution is 5.82. The van der Waals surface area contributed by atoms with Crippen molar-refractivity contribution < 1.29 is 9.90 Å². The molecule has 0 amide bonds. The summed E-state index contributed by atoms with van der Waals surface area (Å²) in [6.07, 6.45) is 5.62. The second-order valence-electron chi connectivity index (χ2n) is 3.54. The Hall–Kier alpha value is -1.84. The van der Waals surface area contributed by atoms with Gasteiger partial charge in [0, 0.05) is 24.3 Å². The molecule has 0 bridgehead atoms. The average Bonchev–Trinajstić information content (AvgIpc) is 2.54. The molecule has 0 saturated carbocycles. The van der Waals surface area contributed by atoms with Gasteiger partial charge >= 0.3 is 5.97 Å². The van der Waals surface area contributed by atoms with Crippen LogP contribution in [0.25, 0.3) is 10.9 Å². The van der Waals surface area contributed by atoms with Crippen molar-refractivity contribution >= 4 is 16.9 Å². The number of carbonyl (C=O) groups is 1. The van der Waals surface area contributed by atoms with Gasteiger partial charge in [-0.3, -0.25) is 9.78 Å². The smallest absolute Gasteiger partial charge is 0.305 e. The molecule has 0 radical (unpaired) electrons. The van der Waals surface area contributed by atoms with Gasteiger partial charge in [0.25, 0.3) is 0 Å². The van der Waals surface area contributed by atoms with E-state index in [1.165, 1.54) is 0 Å². The lowest BCUT2D eigenvalue weighted by atomic mass is 10.2. The number of carboxylic acid groups (broad SMARTS) is 1. The van der Waals surface area contributed by atoms with Crippen LogP contribution in [0.2, 0.25) is 0 Å². The van der Waals surface area contributed by atoms with E-state index in [1.807, 2.05) is 23.8 Å². The van der Waals surface area contributed by atoms with Gasteiger partial charge in [-0.2, -0.15) is 0 Å². The fraction of sp³-hybridized carbons (Fsp3) is 0.273. The molecule has 0 aliphatic rings. The maximum absolute atomic E-state index is 10.5. The summed E-state index contributed by atoms with van der Waals surface area (Å²) in [6, 6.07) is 1.95. The molecule has 4 nitrogen and oxygen atoms in total. The average molecular weight is 204 g/mol. The minimum atomic E-state index is -0.779. The number of rotatable bonds is 3. The van der Waals surface area contributed by atoms with Crippen molar-refractivity contribution in [3.8, 4) is 0 Å². The molecule has 2 aromatic heterocycles. The van der Waals surface area contributed by atoms with Crippen LogP contribution in [0, 0.1) is 6.92 Å². The Bertz CT molecular complexity index is 502. The van der Waals surface area contributed by atoms with Crippen molar-refractivity contribution in [1.82, 2.24) is 9.55 Å². The summed E-state index contributed by atoms with van der Waals surface area (Å²) in [5.41, 5.74) is 2.15. The van der Waals surface area contributed by atoms with Gasteiger partial charge in [0.1, 0.15) is 0 Å². The summed E-state index contributed by atoms with van der Waals surface area (Å²) in [5, 5.41) is 9.76. The van der Waals surface area contributed by atoms with Gasteiger partial charge in [-0.05, 0) is 18.6 Å². The highest BCUT2D eigenvalue weighted by atomic mass is 16.4. The maximum Gasteiger partial charge on any atom is 0.305 e. The molecule has 2 rings (SSSR count). The molecule has 0 aromatic carbocycles. The summed E-state index contributed by atoms with van der Waals surface area (Å²) in [6.45, 7) is 2.50. The summed E-state index contributed by atoms with van der Waals surface area (Å²) in [7, 11) is 0. The maximum atomic E-state index is 10.5. The fourth-order valence-corrected chi connectivity index (χ4v) is 1.72. The molecule has 0 aliphatic carbocycles. The Morgan fingerprint density at radius 1 is 1.60 bits per heavy atom. The van der Waals surface area contributed by atoms with E-state index in [0.29, 0.717) is 6.54 Å². The zero-order valence-electron chi connectivity index (χ0n) is 8.47. The van der Waals surface area contributed by atoms with Crippen molar-refractivity contribution in [2.45, 2.75) is 19.9 Å². The van der Waals surface area contributed by atoms with E-state index >= 15 is 0 Å². The molecular formula is C11H12N2O2. The summed E-state index contributed by atoms with van der Waals surface area (Å²) >= 11 is 0. The number of aryl methyl sites for hydroxylation is 2. The third kappa shape index (κ3) is 1.83. The monoisotopic (exact) mass is 204 g/mol. The number of carboxylic acids is 1. The second-order valence-corrected chi connectivity index (χ2v) is 3.54. The number of aromatic nitrogens is 2. The Morgan fingerprint density at radius 2 is 2.40 bits per heavy atom. The summed E-state index contributed by atoms with van der Waals surface area (Å²) in [5.74, 6) is -0.779. The number of hydrogen-bond donors (Lipinski definition) is 1. The van der Waals surface area contributed by atoms with E-state index < -0.39 is 5.97 Å². The number of aliphatic carboxylic acids is 1. The first-order valence-corrected chi connectivity index (χ1v) is 4.80. The molecule has 0 spiro atoms. The Labute approximate surface area is 87.2 Å². The van der Waals surface area contributed by atoms with Crippen molar-refractivity contribution in [1.29, 1.82) is 0 Å². The van der Waals surface area contributed by atoms with E-state index in [2.05, 4.69) is 4.98 Å². The normalized spacial score (nSPS) is 10.7. The molecule has 0 atom stereocenters. The molecule has 2 heterocycles. The Balaban J connectivity index is 2.39. The van der Waals surface area contributed by atoms with Crippen LogP contribution in [0.3, 0.4) is 0 Å². The number of nitrogens with zero attached hydrogens (tertiary/aromatic N) is 2. The molecule has 0 saturated heterocycles. The summed E-state index contributed by atoms with van der Waals surface area (Å²) < 4.78 is 1.94. The van der Waals surface area contributed by atoms with E-state index in [1.54, 1.807) is 12.4 Å². The molecule has 2 aromatic rings. The van der Waals surface area contributed by atoms with E-state index in [0.717, 1.165) is 16.5 Å². The van der Waals surface area contributed by atoms with Crippen molar-refractivity contribution in [2.75, 3.05) is 0 Å². The third-order valence-electron chi connectivity index (χ3n) is 2.45. The van der Waals surface area contributed by atoms with Crippen LogP contribution in [0.5, 0.6) is 0 Å². The zero-order valence-corrected chi connectivity index (χ0v) is 8.47. The van der Waals surface area contributed by atoms with E-state index in [-0.39, 0.29) is 6.42 Å². The van der Waals surface area contributed by atoms with Crippen LogP contribution in [0.15, 0.2) is 24.7 Å². The lowest BCUT2D eigenvalue weighted by Crippen LogP contribution is -2.03. The van der Waals surface area contributed by atoms with Crippen LogP contribution in [-0.4, -0.2) is 20.6 Å². The lowest BCUT2D eigenvalue weighted by Gasteiger charge is -2.01. The van der Waals surface area contributed by atoms with Gasteiger partial charge in [0.15, 0.2) is 0 Å². The van der Waals surface area contributed by atoms with Crippen molar-refractivity contribution in [3.05, 3.63) is 30.2 Å². The standard InChI is InChI=1S/C11H12N2O2/c1-8-7-13(5-3-11(14)15)10-6-12-4-2-9(8)10/h2,4,6-7H,3,5H2,1H3,(H,14,15). The van der Waals surface area contributed by atoms with Gasteiger partial charge in [0.2, 0.25) is 0 Å². The Morgan fingerprint density at radius 3 is 3.13 bits per heavy atom. The van der Waals surface area contributed by atoms with Gasteiger partial charge < -0.3 is 9.67 Å². The van der Waals surface area contributed by atoms with Gasteiger partial charge in [-0.1, -0.05) is 0 Å². The SMILES string of the molecule is Cc1cn(CCC(=O)O)c2cnccc12. The predicted octanol–water partition coefficient (Wildman–Crippen LogP) is 1.82. The van der Waals surface area contributed by atoms with Crippen LogP contribution in [0.4, 0.5) is 0 Å². The van der Waals surface area contributed by atoms with Crippen LogP contribution < -0.4 is 0 Å². The molecule has 0 fully saturated rings. The van der Waals surface area contributed by atoms with Crippen LogP contribution in [0.1, 0.15) is 12.0 Å². The lowest BCUT2D eigenvalue weighted by molar-refractivity contribution is -0.137. The fourth-order valence-electron chi connectivity index (χ4n) is 1.72. The third-order valence-corrected chi connectivity index (χ3v) is 2.45. The predicted molar refractivity (Wildman–Crippen MR) is 56.7 cm³/mol. The Kier molecular flexibility index (Phi) is 2.41. The van der Waals surface area contributed by atoms with Gasteiger partial charge in [0.05, 0.1) is 18.1 Å². The van der Waals surface area contributed by atoms with Gasteiger partial charge in [-0.15, -0.1) is 0 Å². The highest BCUT2D eigenvalue weighted by Gasteiger charge is 2.05. The molecule has 78 valence electrons. The van der Waals surface area contributed by atoms with E-state index in [9.17, 15) is 4.79 Å².